The molecule has 0 saturated carbocycles. The molecule has 4 rings (SSSR count). The first-order chi connectivity index (χ1) is 13.9. The molecule has 0 radical (unpaired) electrons. The van der Waals surface area contributed by atoms with Crippen LogP contribution in [0.15, 0.2) is 34.9 Å². The number of aromatic nitrogens is 1. The Morgan fingerprint density at radius 2 is 2.21 bits per heavy atom. The number of amides is 2. The molecule has 1 aromatic carbocycles. The molecule has 29 heavy (non-hydrogen) atoms. The van der Waals surface area contributed by atoms with Crippen LogP contribution in [0.4, 0.5) is 10.6 Å². The summed E-state index contributed by atoms with van der Waals surface area (Å²) in [6.45, 7) is 3.83. The first-order valence-electron chi connectivity index (χ1n) is 9.73. The highest BCUT2D eigenvalue weighted by Gasteiger charge is 2.34. The molecule has 2 amide bonds. The fraction of sp³-hybridized carbons (Fsp3) is 0.429. The molecule has 0 bridgehead atoms. The maximum Gasteiger partial charge on any atom is 0.326 e. The van der Waals surface area contributed by atoms with Gasteiger partial charge in [0, 0.05) is 33.9 Å². The van der Waals surface area contributed by atoms with Gasteiger partial charge in [-0.25, -0.2) is 9.78 Å². The second kappa shape index (κ2) is 8.80. The fourth-order valence-corrected chi connectivity index (χ4v) is 4.90. The van der Waals surface area contributed by atoms with Crippen molar-refractivity contribution in [2.45, 2.75) is 38.3 Å². The van der Waals surface area contributed by atoms with Gasteiger partial charge in [-0.05, 0) is 77.5 Å². The first kappa shape index (κ1) is 20.9. The summed E-state index contributed by atoms with van der Waals surface area (Å²) in [6, 6.07) is 7.21. The fourth-order valence-electron chi connectivity index (χ4n) is 4.06. The molecular weight excluding hydrogens is 477 g/mol. The number of ether oxygens (including phenoxy) is 1. The molecular formula is C21H22BrCl2N3O2. The van der Waals surface area contributed by atoms with Gasteiger partial charge in [0.05, 0.1) is 18.7 Å². The number of fused-ring (bicyclic) bond motifs is 1. The van der Waals surface area contributed by atoms with Gasteiger partial charge >= 0.3 is 6.03 Å². The van der Waals surface area contributed by atoms with Crippen molar-refractivity contribution in [1.29, 1.82) is 0 Å². The number of hydrogen-bond acceptors (Lipinski definition) is 3. The van der Waals surface area contributed by atoms with Gasteiger partial charge in [-0.15, -0.1) is 0 Å². The van der Waals surface area contributed by atoms with Gasteiger partial charge in [0.25, 0.3) is 0 Å². The number of carbonyl (C=O) groups excluding carboxylic acids is 1. The molecule has 2 atom stereocenters. The van der Waals surface area contributed by atoms with Crippen molar-refractivity contribution in [3.8, 4) is 0 Å². The minimum Gasteiger partial charge on any atom is -0.376 e. The lowest BCUT2D eigenvalue weighted by atomic mass is 9.93. The van der Waals surface area contributed by atoms with Crippen molar-refractivity contribution >= 4 is 51.0 Å². The molecule has 0 N–H and O–H groups in total. The summed E-state index contributed by atoms with van der Waals surface area (Å²) in [4.78, 5) is 21.7. The summed E-state index contributed by atoms with van der Waals surface area (Å²) in [5.41, 5.74) is 2.07. The van der Waals surface area contributed by atoms with Gasteiger partial charge < -0.3 is 9.64 Å². The van der Waals surface area contributed by atoms with Crippen LogP contribution in [-0.2, 0) is 11.2 Å². The van der Waals surface area contributed by atoms with Crippen LogP contribution >= 0.6 is 39.1 Å². The number of pyridine rings is 1. The largest absolute Gasteiger partial charge is 0.376 e. The zero-order valence-corrected chi connectivity index (χ0v) is 19.2. The maximum atomic E-state index is 13.6. The van der Waals surface area contributed by atoms with E-state index in [0.717, 1.165) is 35.0 Å². The van der Waals surface area contributed by atoms with E-state index in [1.165, 1.54) is 0 Å². The molecule has 2 aromatic rings. The second-order valence-electron chi connectivity index (χ2n) is 7.44. The van der Waals surface area contributed by atoms with E-state index in [1.54, 1.807) is 17.2 Å². The number of urea groups is 1. The standard InChI is InChI=1S/C21H22BrCl2N3O2/c1-13-18-9-15(23)10-19(24)17(18)6-7-26(13)21(28)27(12-16-3-2-8-29-16)20-5-4-14(22)11-25-20/h4-5,9-11,13,16H,2-3,6-8,12H2,1H3. The van der Waals surface area contributed by atoms with E-state index in [0.29, 0.717) is 35.4 Å². The molecule has 2 aliphatic heterocycles. The second-order valence-corrected chi connectivity index (χ2v) is 9.20. The SMILES string of the molecule is CC1c2cc(Cl)cc(Cl)c2CCN1C(=O)N(CC1CCCO1)c1ccc(Br)cn1. The molecule has 2 aliphatic rings. The number of halogens is 3. The van der Waals surface area contributed by atoms with Crippen LogP contribution < -0.4 is 4.90 Å². The van der Waals surface area contributed by atoms with Gasteiger partial charge in [-0.2, -0.15) is 0 Å². The minimum atomic E-state index is -0.134. The molecule has 3 heterocycles. The number of nitrogens with zero attached hydrogens (tertiary/aromatic N) is 3. The predicted molar refractivity (Wildman–Crippen MR) is 119 cm³/mol. The average molecular weight is 499 g/mol. The molecule has 0 spiro atoms. The lowest BCUT2D eigenvalue weighted by Crippen LogP contribution is -2.49. The number of hydrogen-bond donors (Lipinski definition) is 0. The Morgan fingerprint density at radius 1 is 1.38 bits per heavy atom. The van der Waals surface area contributed by atoms with Crippen molar-refractivity contribution in [2.24, 2.45) is 0 Å². The van der Waals surface area contributed by atoms with E-state index >= 15 is 0 Å². The van der Waals surface area contributed by atoms with Crippen LogP contribution in [0.5, 0.6) is 0 Å². The van der Waals surface area contributed by atoms with E-state index in [2.05, 4.69) is 20.9 Å². The van der Waals surface area contributed by atoms with E-state index in [1.807, 2.05) is 30.0 Å². The van der Waals surface area contributed by atoms with Crippen LogP contribution in [-0.4, -0.2) is 41.7 Å². The Morgan fingerprint density at radius 3 is 2.90 bits per heavy atom. The van der Waals surface area contributed by atoms with Gasteiger partial charge in [-0.3, -0.25) is 4.90 Å². The summed E-state index contributed by atoms with van der Waals surface area (Å²) in [5, 5.41) is 1.25. The highest BCUT2D eigenvalue weighted by molar-refractivity contribution is 9.10. The summed E-state index contributed by atoms with van der Waals surface area (Å²) in [6.07, 6.45) is 4.40. The van der Waals surface area contributed by atoms with Crippen molar-refractivity contribution in [1.82, 2.24) is 9.88 Å². The summed E-state index contributed by atoms with van der Waals surface area (Å²) in [7, 11) is 0. The average Bonchev–Trinajstić information content (AvgIpc) is 3.21. The number of rotatable bonds is 3. The number of carbonyl (C=O) groups is 1. The van der Waals surface area contributed by atoms with Gasteiger partial charge in [0.15, 0.2) is 0 Å². The Hall–Kier alpha value is -1.34. The highest BCUT2D eigenvalue weighted by Crippen LogP contribution is 2.37. The molecule has 1 saturated heterocycles. The Labute approximate surface area is 189 Å². The van der Waals surface area contributed by atoms with Crippen molar-refractivity contribution in [3.63, 3.8) is 0 Å². The van der Waals surface area contributed by atoms with Gasteiger partial charge in [0.2, 0.25) is 0 Å². The smallest absolute Gasteiger partial charge is 0.326 e. The zero-order chi connectivity index (χ0) is 20.5. The quantitative estimate of drug-likeness (QED) is 0.531. The Kier molecular flexibility index (Phi) is 6.35. The van der Waals surface area contributed by atoms with Crippen LogP contribution in [0.1, 0.15) is 36.9 Å². The maximum absolute atomic E-state index is 13.6. The zero-order valence-electron chi connectivity index (χ0n) is 16.1. The lowest BCUT2D eigenvalue weighted by Gasteiger charge is -2.39. The summed E-state index contributed by atoms with van der Waals surface area (Å²) in [5.74, 6) is 0.621. The third kappa shape index (κ3) is 4.41. The normalized spacial score (nSPS) is 21.2. The number of anilines is 1. The Balaban J connectivity index is 1.63. The van der Waals surface area contributed by atoms with Crippen LogP contribution in [0.3, 0.4) is 0 Å². The topological polar surface area (TPSA) is 45.7 Å². The van der Waals surface area contributed by atoms with Crippen molar-refractivity contribution < 1.29 is 9.53 Å². The molecule has 1 fully saturated rings. The van der Waals surface area contributed by atoms with Gasteiger partial charge in [0.1, 0.15) is 5.82 Å². The molecule has 154 valence electrons. The van der Waals surface area contributed by atoms with Crippen LogP contribution in [0.2, 0.25) is 10.0 Å². The van der Waals surface area contributed by atoms with Crippen LogP contribution in [0, 0.1) is 0 Å². The summed E-state index contributed by atoms with van der Waals surface area (Å²) >= 11 is 16.0. The highest BCUT2D eigenvalue weighted by atomic mass is 79.9. The first-order valence-corrected chi connectivity index (χ1v) is 11.3. The molecule has 2 unspecified atom stereocenters. The monoisotopic (exact) mass is 497 g/mol. The van der Waals surface area contributed by atoms with Crippen LogP contribution in [0.25, 0.3) is 0 Å². The Bertz CT molecular complexity index is 904. The third-order valence-electron chi connectivity index (χ3n) is 5.59. The molecule has 5 nitrogen and oxygen atoms in total. The number of benzene rings is 1. The van der Waals surface area contributed by atoms with E-state index < -0.39 is 0 Å². The predicted octanol–water partition coefficient (Wildman–Crippen LogP) is 5.88. The van der Waals surface area contributed by atoms with E-state index in [-0.39, 0.29) is 18.2 Å². The van der Waals surface area contributed by atoms with Gasteiger partial charge in [-0.1, -0.05) is 23.2 Å². The molecule has 8 heteroatoms. The molecule has 1 aromatic heterocycles. The van der Waals surface area contributed by atoms with E-state index in [9.17, 15) is 4.79 Å². The molecule has 0 aliphatic carbocycles. The lowest BCUT2D eigenvalue weighted by molar-refractivity contribution is 0.113. The van der Waals surface area contributed by atoms with E-state index in [4.69, 9.17) is 27.9 Å². The third-order valence-corrected chi connectivity index (χ3v) is 6.61. The van der Waals surface area contributed by atoms with Crippen molar-refractivity contribution in [3.05, 3.63) is 56.1 Å². The minimum absolute atomic E-state index is 0.0284. The summed E-state index contributed by atoms with van der Waals surface area (Å²) < 4.78 is 6.67. The van der Waals surface area contributed by atoms with Crippen molar-refractivity contribution in [2.75, 3.05) is 24.6 Å².